The lowest BCUT2D eigenvalue weighted by Crippen LogP contribution is -2.32. The van der Waals surface area contributed by atoms with Gasteiger partial charge in [0, 0.05) is 38.4 Å². The summed E-state index contributed by atoms with van der Waals surface area (Å²) in [6.07, 6.45) is 8.22. The van der Waals surface area contributed by atoms with Crippen LogP contribution in [0.15, 0.2) is 17.8 Å². The van der Waals surface area contributed by atoms with Crippen molar-refractivity contribution in [2.75, 3.05) is 19.6 Å². The summed E-state index contributed by atoms with van der Waals surface area (Å²) < 4.78 is 1.97. The van der Waals surface area contributed by atoms with Gasteiger partial charge in [0.25, 0.3) is 0 Å². The van der Waals surface area contributed by atoms with Crippen molar-refractivity contribution in [3.8, 4) is 0 Å². The molecule has 2 heterocycles. The molecule has 0 radical (unpaired) electrons. The normalized spacial score (nSPS) is 20.6. The Balaban J connectivity index is 1.43. The van der Waals surface area contributed by atoms with E-state index in [2.05, 4.69) is 39.7 Å². The van der Waals surface area contributed by atoms with Crippen molar-refractivity contribution in [3.05, 3.63) is 23.5 Å². The topological polar surface area (TPSA) is 46.0 Å². The number of hydrogen-bond acceptors (Lipinski definition) is 4. The maximum atomic E-state index is 4.22. The zero-order valence-electron chi connectivity index (χ0n) is 11.7. The average molecular weight is 261 g/mol. The Morgan fingerprint density at radius 3 is 3.05 bits per heavy atom. The van der Waals surface area contributed by atoms with Crippen LogP contribution in [0, 0.1) is 0 Å². The van der Waals surface area contributed by atoms with Crippen molar-refractivity contribution < 1.29 is 0 Å². The minimum absolute atomic E-state index is 0.730. The molecule has 0 bridgehead atoms. The summed E-state index contributed by atoms with van der Waals surface area (Å²) in [6, 6.07) is 0.730. The number of nitrogens with zero attached hydrogens (tertiary/aromatic N) is 4. The summed E-state index contributed by atoms with van der Waals surface area (Å²) in [5, 5.41) is 11.9. The number of hydrogen-bond donors (Lipinski definition) is 1. The van der Waals surface area contributed by atoms with E-state index < -0.39 is 0 Å². The van der Waals surface area contributed by atoms with Crippen LogP contribution >= 0.6 is 0 Å². The van der Waals surface area contributed by atoms with Gasteiger partial charge in [0.2, 0.25) is 0 Å². The van der Waals surface area contributed by atoms with Crippen molar-refractivity contribution in [1.29, 1.82) is 0 Å². The monoisotopic (exact) mass is 261 g/mol. The third kappa shape index (κ3) is 3.88. The Hall–Kier alpha value is -1.20. The molecule has 3 rings (SSSR count). The van der Waals surface area contributed by atoms with Gasteiger partial charge in [-0.2, -0.15) is 0 Å². The Bertz CT molecular complexity index is 446. The van der Waals surface area contributed by atoms with E-state index in [1.54, 1.807) is 0 Å². The third-order valence-electron chi connectivity index (χ3n) is 3.79. The molecule has 1 fully saturated rings. The molecule has 1 aliphatic carbocycles. The predicted molar refractivity (Wildman–Crippen MR) is 74.7 cm³/mol. The molecular weight excluding hydrogens is 238 g/mol. The second-order valence-electron chi connectivity index (χ2n) is 5.74. The lowest BCUT2D eigenvalue weighted by atomic mass is 10.1. The largest absolute Gasteiger partial charge is 0.308 e. The Kier molecular flexibility index (Phi) is 3.94. The molecule has 2 aliphatic rings. The van der Waals surface area contributed by atoms with Gasteiger partial charge in [-0.3, -0.25) is 9.58 Å². The van der Waals surface area contributed by atoms with Crippen molar-refractivity contribution >= 4 is 0 Å². The van der Waals surface area contributed by atoms with Gasteiger partial charge < -0.3 is 5.32 Å². The zero-order valence-corrected chi connectivity index (χ0v) is 11.7. The molecule has 19 heavy (non-hydrogen) atoms. The molecule has 1 aromatic heterocycles. The highest BCUT2D eigenvalue weighted by molar-refractivity contribution is 5.04. The van der Waals surface area contributed by atoms with E-state index >= 15 is 0 Å². The van der Waals surface area contributed by atoms with Crippen molar-refractivity contribution in [2.24, 2.45) is 0 Å². The van der Waals surface area contributed by atoms with Gasteiger partial charge in [-0.05, 0) is 26.2 Å². The molecule has 104 valence electrons. The Morgan fingerprint density at radius 2 is 2.26 bits per heavy atom. The van der Waals surface area contributed by atoms with Gasteiger partial charge in [-0.1, -0.05) is 16.9 Å². The van der Waals surface area contributed by atoms with E-state index in [0.29, 0.717) is 0 Å². The fourth-order valence-electron chi connectivity index (χ4n) is 2.49. The highest BCUT2D eigenvalue weighted by Crippen LogP contribution is 2.18. The second-order valence-corrected chi connectivity index (χ2v) is 5.74. The molecular formula is C14H23N5. The smallest absolute Gasteiger partial charge is 0.0964 e. The summed E-state index contributed by atoms with van der Waals surface area (Å²) in [4.78, 5) is 2.49. The molecule has 0 amide bonds. The molecule has 0 aromatic carbocycles. The summed E-state index contributed by atoms with van der Waals surface area (Å²) >= 11 is 0. The molecule has 5 nitrogen and oxygen atoms in total. The molecule has 1 aromatic rings. The third-order valence-corrected chi connectivity index (χ3v) is 3.79. The maximum Gasteiger partial charge on any atom is 0.0964 e. The molecule has 0 atom stereocenters. The highest BCUT2D eigenvalue weighted by Gasteiger charge is 2.20. The van der Waals surface area contributed by atoms with Crippen LogP contribution in [0.3, 0.4) is 0 Å². The van der Waals surface area contributed by atoms with Gasteiger partial charge in [0.05, 0.1) is 12.2 Å². The van der Waals surface area contributed by atoms with Crippen LogP contribution in [0.25, 0.3) is 0 Å². The van der Waals surface area contributed by atoms with Crippen LogP contribution < -0.4 is 5.32 Å². The van der Waals surface area contributed by atoms with E-state index in [1.165, 1.54) is 31.4 Å². The lowest BCUT2D eigenvalue weighted by Gasteiger charge is -2.25. The SMILES string of the molecule is CC1=CCCN(CCn2cc(CNC3CC3)nn2)C1. The lowest BCUT2D eigenvalue weighted by molar-refractivity contribution is 0.272. The second kappa shape index (κ2) is 5.84. The molecule has 1 saturated carbocycles. The van der Waals surface area contributed by atoms with Crippen molar-refractivity contribution in [2.45, 2.75) is 45.3 Å². The van der Waals surface area contributed by atoms with E-state index in [1.807, 2.05) is 4.68 Å². The van der Waals surface area contributed by atoms with E-state index in [-0.39, 0.29) is 0 Å². The number of rotatable bonds is 6. The Morgan fingerprint density at radius 1 is 1.37 bits per heavy atom. The van der Waals surface area contributed by atoms with Crippen molar-refractivity contribution in [3.63, 3.8) is 0 Å². The summed E-state index contributed by atoms with van der Waals surface area (Å²) in [6.45, 7) is 7.33. The summed E-state index contributed by atoms with van der Waals surface area (Å²) in [5.74, 6) is 0. The van der Waals surface area contributed by atoms with Crippen LogP contribution in [0.4, 0.5) is 0 Å². The predicted octanol–water partition coefficient (Wildman–Crippen LogP) is 1.18. The maximum absolute atomic E-state index is 4.22. The fourth-order valence-corrected chi connectivity index (χ4v) is 2.49. The molecule has 0 spiro atoms. The molecule has 5 heteroatoms. The van der Waals surface area contributed by atoms with Gasteiger partial charge in [0.15, 0.2) is 0 Å². The fraction of sp³-hybridized carbons (Fsp3) is 0.714. The quantitative estimate of drug-likeness (QED) is 0.781. The van der Waals surface area contributed by atoms with E-state index in [0.717, 1.165) is 37.9 Å². The Labute approximate surface area is 114 Å². The van der Waals surface area contributed by atoms with Gasteiger partial charge in [-0.25, -0.2) is 0 Å². The van der Waals surface area contributed by atoms with Crippen molar-refractivity contribution in [1.82, 2.24) is 25.2 Å². The minimum atomic E-state index is 0.730. The van der Waals surface area contributed by atoms with Gasteiger partial charge in [0.1, 0.15) is 0 Å². The molecule has 0 unspecified atom stereocenters. The number of nitrogens with one attached hydrogen (secondary N) is 1. The number of aromatic nitrogens is 3. The zero-order chi connectivity index (χ0) is 13.1. The van der Waals surface area contributed by atoms with Crippen LogP contribution in [-0.2, 0) is 13.1 Å². The first-order valence-electron chi connectivity index (χ1n) is 7.30. The van der Waals surface area contributed by atoms with E-state index in [9.17, 15) is 0 Å². The first-order valence-corrected chi connectivity index (χ1v) is 7.30. The summed E-state index contributed by atoms with van der Waals surface area (Å²) in [7, 11) is 0. The minimum Gasteiger partial charge on any atom is -0.308 e. The van der Waals surface area contributed by atoms with E-state index in [4.69, 9.17) is 0 Å². The van der Waals surface area contributed by atoms with Gasteiger partial charge >= 0.3 is 0 Å². The van der Waals surface area contributed by atoms with Crippen LogP contribution in [0.5, 0.6) is 0 Å². The molecule has 1 aliphatic heterocycles. The van der Waals surface area contributed by atoms with Gasteiger partial charge in [-0.15, -0.1) is 5.10 Å². The molecule has 1 N–H and O–H groups in total. The van der Waals surface area contributed by atoms with Crippen LogP contribution in [0.2, 0.25) is 0 Å². The first kappa shape index (κ1) is 12.8. The standard InChI is InChI=1S/C14H23N5/c1-12-3-2-6-18(10-12)7-8-19-11-14(16-17-19)9-15-13-4-5-13/h3,11,13,15H,2,4-10H2,1H3. The average Bonchev–Trinajstić information content (AvgIpc) is 3.13. The van der Waals surface area contributed by atoms with Crippen LogP contribution in [0.1, 0.15) is 31.9 Å². The van der Waals surface area contributed by atoms with Crippen LogP contribution in [-0.4, -0.2) is 45.6 Å². The molecule has 0 saturated heterocycles. The first-order chi connectivity index (χ1) is 9.29. The summed E-state index contributed by atoms with van der Waals surface area (Å²) in [5.41, 5.74) is 2.54. The highest BCUT2D eigenvalue weighted by atomic mass is 15.4.